The highest BCUT2D eigenvalue weighted by Crippen LogP contribution is 2.34. The van der Waals surface area contributed by atoms with E-state index < -0.39 is 0 Å². The molecule has 3 rings (SSSR count). The fourth-order valence-corrected chi connectivity index (χ4v) is 3.40. The molecule has 0 spiro atoms. The van der Waals surface area contributed by atoms with Crippen molar-refractivity contribution in [1.82, 2.24) is 9.97 Å². The number of nitrogen functional groups attached to an aromatic ring is 1. The monoisotopic (exact) mass is 358 g/mol. The summed E-state index contributed by atoms with van der Waals surface area (Å²) in [6.07, 6.45) is 0.918. The quantitative estimate of drug-likeness (QED) is 0.897. The molecular weight excluding hydrogens is 336 g/mol. The largest absolute Gasteiger partial charge is 0.379 e. The van der Waals surface area contributed by atoms with E-state index in [2.05, 4.69) is 27.5 Å². The van der Waals surface area contributed by atoms with Crippen LogP contribution in [0.25, 0.3) is 5.57 Å². The number of benzene rings is 1. The molecule has 132 valence electrons. The topological polar surface area (TPSA) is 64.3 Å². The summed E-state index contributed by atoms with van der Waals surface area (Å²) in [5.41, 5.74) is 9.74. The number of aryl methyl sites for hydroxylation is 1. The minimum absolute atomic E-state index is 0.0251. The van der Waals surface area contributed by atoms with Crippen molar-refractivity contribution in [2.75, 3.05) is 30.4 Å². The minimum atomic E-state index is -0.0251. The molecular formula is C19H23ClN4O. The molecule has 1 unspecified atom stereocenters. The standard InChI is InChI=1S/C19H23ClN4O/c1-12(2)14-5-6-15(16(20)10-14)17-11-25-8-4-7-24(17)18-9-13(3)22-19(21)23-18/h5-6,9-10,17H,1,4,7-8,11H2,2-3H3,(H2,21,22,23). The summed E-state index contributed by atoms with van der Waals surface area (Å²) in [7, 11) is 0. The summed E-state index contributed by atoms with van der Waals surface area (Å²) in [6, 6.07) is 7.98. The van der Waals surface area contributed by atoms with Gasteiger partial charge in [0.1, 0.15) is 5.82 Å². The molecule has 0 amide bonds. The molecule has 6 heteroatoms. The van der Waals surface area contributed by atoms with Crippen molar-refractivity contribution in [1.29, 1.82) is 0 Å². The van der Waals surface area contributed by atoms with Crippen molar-refractivity contribution in [3.63, 3.8) is 0 Å². The number of aromatic nitrogens is 2. The van der Waals surface area contributed by atoms with Crippen molar-refractivity contribution in [2.24, 2.45) is 0 Å². The van der Waals surface area contributed by atoms with Gasteiger partial charge in [-0.25, -0.2) is 4.98 Å². The van der Waals surface area contributed by atoms with Gasteiger partial charge in [0, 0.05) is 29.9 Å². The maximum Gasteiger partial charge on any atom is 0.222 e. The summed E-state index contributed by atoms with van der Waals surface area (Å²) in [6.45, 7) is 9.95. The van der Waals surface area contributed by atoms with Crippen molar-refractivity contribution in [3.05, 3.63) is 52.7 Å². The van der Waals surface area contributed by atoms with Crippen LogP contribution in [0.2, 0.25) is 5.02 Å². The highest BCUT2D eigenvalue weighted by Gasteiger charge is 2.27. The van der Waals surface area contributed by atoms with Gasteiger partial charge in [-0.05, 0) is 37.5 Å². The molecule has 25 heavy (non-hydrogen) atoms. The Morgan fingerprint density at radius 1 is 1.36 bits per heavy atom. The number of halogens is 1. The van der Waals surface area contributed by atoms with E-state index in [-0.39, 0.29) is 12.0 Å². The van der Waals surface area contributed by atoms with Crippen molar-refractivity contribution in [2.45, 2.75) is 26.3 Å². The van der Waals surface area contributed by atoms with Crippen LogP contribution in [-0.2, 0) is 4.74 Å². The van der Waals surface area contributed by atoms with E-state index in [1.54, 1.807) is 0 Å². The van der Waals surface area contributed by atoms with Crippen LogP contribution >= 0.6 is 11.6 Å². The van der Waals surface area contributed by atoms with Gasteiger partial charge < -0.3 is 15.4 Å². The van der Waals surface area contributed by atoms with Crippen LogP contribution in [-0.4, -0.2) is 29.7 Å². The van der Waals surface area contributed by atoms with E-state index in [4.69, 9.17) is 22.1 Å². The summed E-state index contributed by atoms with van der Waals surface area (Å²) in [4.78, 5) is 10.8. The van der Waals surface area contributed by atoms with Gasteiger partial charge in [-0.2, -0.15) is 4.98 Å². The Morgan fingerprint density at radius 2 is 2.16 bits per heavy atom. The fourth-order valence-electron chi connectivity index (χ4n) is 3.09. The Labute approximate surface area is 153 Å². The lowest BCUT2D eigenvalue weighted by Gasteiger charge is -2.31. The van der Waals surface area contributed by atoms with Gasteiger partial charge >= 0.3 is 0 Å². The molecule has 1 aliphatic rings. The van der Waals surface area contributed by atoms with Crippen LogP contribution < -0.4 is 10.6 Å². The van der Waals surface area contributed by atoms with E-state index >= 15 is 0 Å². The number of hydrogen-bond acceptors (Lipinski definition) is 5. The Kier molecular flexibility index (Phi) is 5.25. The van der Waals surface area contributed by atoms with Crippen LogP contribution in [0, 0.1) is 6.92 Å². The third-order valence-corrected chi connectivity index (χ3v) is 4.67. The number of ether oxygens (including phenoxy) is 1. The van der Waals surface area contributed by atoms with Crippen LogP contribution in [0.15, 0.2) is 30.8 Å². The van der Waals surface area contributed by atoms with Gasteiger partial charge in [0.15, 0.2) is 0 Å². The number of rotatable bonds is 3. The van der Waals surface area contributed by atoms with E-state index in [1.165, 1.54) is 0 Å². The molecule has 0 saturated carbocycles. The molecule has 5 nitrogen and oxygen atoms in total. The van der Waals surface area contributed by atoms with Crippen LogP contribution in [0.5, 0.6) is 0 Å². The fraction of sp³-hybridized carbons (Fsp3) is 0.368. The normalized spacial score (nSPS) is 18.0. The first-order valence-corrected chi connectivity index (χ1v) is 8.74. The number of nitrogens with zero attached hydrogens (tertiary/aromatic N) is 3. The third kappa shape index (κ3) is 3.94. The molecule has 1 aromatic carbocycles. The molecule has 1 atom stereocenters. The van der Waals surface area contributed by atoms with Gasteiger partial charge in [0.2, 0.25) is 5.95 Å². The zero-order chi connectivity index (χ0) is 18.0. The molecule has 1 saturated heterocycles. The smallest absolute Gasteiger partial charge is 0.222 e. The van der Waals surface area contributed by atoms with E-state index in [1.807, 2.05) is 32.0 Å². The molecule has 1 fully saturated rings. The van der Waals surface area contributed by atoms with Crippen molar-refractivity contribution < 1.29 is 4.74 Å². The molecule has 1 aliphatic heterocycles. The molecule has 0 bridgehead atoms. The van der Waals surface area contributed by atoms with Gasteiger partial charge in [-0.1, -0.05) is 35.9 Å². The molecule has 1 aromatic heterocycles. The predicted octanol–water partition coefficient (Wildman–Crippen LogP) is 4.02. The average Bonchev–Trinajstić information content (AvgIpc) is 2.79. The van der Waals surface area contributed by atoms with Crippen molar-refractivity contribution >= 4 is 28.9 Å². The van der Waals surface area contributed by atoms with E-state index in [0.29, 0.717) is 18.2 Å². The molecule has 2 aromatic rings. The van der Waals surface area contributed by atoms with Crippen LogP contribution in [0.1, 0.15) is 36.2 Å². The van der Waals surface area contributed by atoms with E-state index in [9.17, 15) is 0 Å². The SMILES string of the molecule is C=C(C)c1ccc(C2COCCCN2c2cc(C)nc(N)n2)c(Cl)c1. The lowest BCUT2D eigenvalue weighted by Crippen LogP contribution is -2.32. The lowest BCUT2D eigenvalue weighted by molar-refractivity contribution is 0.134. The van der Waals surface area contributed by atoms with E-state index in [0.717, 1.165) is 41.2 Å². The van der Waals surface area contributed by atoms with Gasteiger partial charge in [0.25, 0.3) is 0 Å². The average molecular weight is 359 g/mol. The highest BCUT2D eigenvalue weighted by atomic mass is 35.5. The first-order valence-electron chi connectivity index (χ1n) is 8.36. The Hall–Kier alpha value is -2.11. The molecule has 0 aliphatic carbocycles. The Morgan fingerprint density at radius 3 is 2.84 bits per heavy atom. The van der Waals surface area contributed by atoms with Gasteiger partial charge in [-0.3, -0.25) is 0 Å². The zero-order valence-corrected chi connectivity index (χ0v) is 15.4. The van der Waals surface area contributed by atoms with Crippen LogP contribution in [0.3, 0.4) is 0 Å². The second-order valence-electron chi connectivity index (χ2n) is 6.38. The van der Waals surface area contributed by atoms with Crippen molar-refractivity contribution in [3.8, 4) is 0 Å². The third-order valence-electron chi connectivity index (χ3n) is 4.34. The minimum Gasteiger partial charge on any atom is -0.379 e. The predicted molar refractivity (Wildman–Crippen MR) is 103 cm³/mol. The summed E-state index contributed by atoms with van der Waals surface area (Å²) < 4.78 is 5.81. The van der Waals surface area contributed by atoms with Gasteiger partial charge in [-0.15, -0.1) is 0 Å². The zero-order valence-electron chi connectivity index (χ0n) is 14.6. The molecule has 2 heterocycles. The van der Waals surface area contributed by atoms with Gasteiger partial charge in [0.05, 0.1) is 12.6 Å². The number of hydrogen-bond donors (Lipinski definition) is 1. The van der Waals surface area contributed by atoms with Crippen LogP contribution in [0.4, 0.5) is 11.8 Å². The molecule has 0 radical (unpaired) electrons. The summed E-state index contributed by atoms with van der Waals surface area (Å²) in [5, 5.41) is 0.708. The summed E-state index contributed by atoms with van der Waals surface area (Å²) in [5.74, 6) is 1.09. The Bertz CT molecular complexity index is 773. The molecule has 2 N–H and O–H groups in total. The summed E-state index contributed by atoms with van der Waals surface area (Å²) >= 11 is 6.59. The Balaban J connectivity index is 2.02. The maximum absolute atomic E-state index is 6.59. The number of anilines is 2. The second-order valence-corrected chi connectivity index (χ2v) is 6.79. The maximum atomic E-state index is 6.59. The lowest BCUT2D eigenvalue weighted by atomic mass is 10.0. The second kappa shape index (κ2) is 7.42. The number of allylic oxidation sites excluding steroid dienone is 1. The first-order chi connectivity index (χ1) is 12.0. The first kappa shape index (κ1) is 17.7. The number of nitrogens with two attached hydrogens (primary N) is 1. The highest BCUT2D eigenvalue weighted by molar-refractivity contribution is 6.31.